The summed E-state index contributed by atoms with van der Waals surface area (Å²) in [7, 11) is 0. The molecule has 0 amide bonds. The summed E-state index contributed by atoms with van der Waals surface area (Å²) in [6, 6.07) is 10.6. The summed E-state index contributed by atoms with van der Waals surface area (Å²) < 4.78 is 3.43. The highest BCUT2D eigenvalue weighted by Gasteiger charge is 2.20. The van der Waals surface area contributed by atoms with Crippen molar-refractivity contribution in [2.45, 2.75) is 25.8 Å². The van der Waals surface area contributed by atoms with Gasteiger partial charge in [-0.25, -0.2) is 4.98 Å². The number of hydrogen-bond donors (Lipinski definition) is 1. The molecule has 0 aliphatic rings. The van der Waals surface area contributed by atoms with Crippen molar-refractivity contribution in [3.8, 4) is 0 Å². The van der Waals surface area contributed by atoms with Crippen molar-refractivity contribution in [2.75, 3.05) is 6.54 Å². The first-order valence-corrected chi connectivity index (χ1v) is 8.81. The monoisotopic (exact) mass is 363 g/mol. The number of benzene rings is 1. The van der Waals surface area contributed by atoms with Crippen molar-refractivity contribution in [3.63, 3.8) is 0 Å². The highest BCUT2D eigenvalue weighted by molar-refractivity contribution is 9.10. The van der Waals surface area contributed by atoms with Gasteiger partial charge in [-0.05, 0) is 40.5 Å². The third-order valence-electron chi connectivity index (χ3n) is 3.59. The number of nitrogens with zero attached hydrogens (tertiary/aromatic N) is 2. The number of aromatic nitrogens is 2. The zero-order valence-electron chi connectivity index (χ0n) is 11.9. The molecule has 1 aromatic carbocycles. The Labute approximate surface area is 136 Å². The van der Waals surface area contributed by atoms with E-state index >= 15 is 0 Å². The van der Waals surface area contributed by atoms with Crippen LogP contribution in [0.4, 0.5) is 0 Å². The minimum Gasteiger partial charge on any atom is -0.328 e. The van der Waals surface area contributed by atoms with Gasteiger partial charge in [0.1, 0.15) is 5.82 Å². The minimum atomic E-state index is 0.148. The summed E-state index contributed by atoms with van der Waals surface area (Å²) in [4.78, 5) is 6.07. The van der Waals surface area contributed by atoms with Gasteiger partial charge in [0, 0.05) is 27.7 Å². The Kier molecular flexibility index (Phi) is 4.42. The lowest BCUT2D eigenvalue weighted by Gasteiger charge is -2.19. The number of fused-ring (bicyclic) bond motifs is 1. The predicted molar refractivity (Wildman–Crippen MR) is 92.9 cm³/mol. The van der Waals surface area contributed by atoms with Crippen LogP contribution in [0.3, 0.4) is 0 Å². The smallest absolute Gasteiger partial charge is 0.110 e. The molecule has 1 atom stereocenters. The first kappa shape index (κ1) is 14.8. The second-order valence-corrected chi connectivity index (χ2v) is 6.91. The molecule has 0 aliphatic heterocycles. The van der Waals surface area contributed by atoms with E-state index in [1.54, 1.807) is 11.3 Å². The van der Waals surface area contributed by atoms with Crippen LogP contribution in [0, 0.1) is 0 Å². The number of rotatable bonds is 5. The second kappa shape index (κ2) is 6.30. The Morgan fingerprint density at radius 3 is 2.86 bits per heavy atom. The summed E-state index contributed by atoms with van der Waals surface area (Å²) in [6.07, 6.45) is 2.05. The Hall–Kier alpha value is -1.17. The van der Waals surface area contributed by atoms with Gasteiger partial charge in [0.15, 0.2) is 0 Å². The zero-order valence-corrected chi connectivity index (χ0v) is 14.3. The van der Waals surface area contributed by atoms with Crippen LogP contribution in [-0.4, -0.2) is 16.1 Å². The van der Waals surface area contributed by atoms with E-state index in [4.69, 9.17) is 10.7 Å². The van der Waals surface area contributed by atoms with E-state index in [-0.39, 0.29) is 6.04 Å². The normalized spacial score (nSPS) is 12.9. The minimum absolute atomic E-state index is 0.148. The maximum absolute atomic E-state index is 6.10. The van der Waals surface area contributed by atoms with Crippen LogP contribution in [0.25, 0.3) is 11.0 Å². The molecule has 21 heavy (non-hydrogen) atoms. The molecule has 0 saturated carbocycles. The summed E-state index contributed by atoms with van der Waals surface area (Å²) in [5.74, 6) is 1.12. The fourth-order valence-corrected chi connectivity index (χ4v) is 4.24. The topological polar surface area (TPSA) is 43.8 Å². The van der Waals surface area contributed by atoms with Gasteiger partial charge in [0.05, 0.1) is 17.1 Å². The molecule has 0 radical (unpaired) electrons. The first-order chi connectivity index (χ1) is 10.2. The van der Waals surface area contributed by atoms with Crippen molar-refractivity contribution in [3.05, 3.63) is 50.9 Å². The summed E-state index contributed by atoms with van der Waals surface area (Å²) in [5.41, 5.74) is 8.32. The van der Waals surface area contributed by atoms with Gasteiger partial charge in [-0.15, -0.1) is 11.3 Å². The van der Waals surface area contributed by atoms with Gasteiger partial charge in [0.25, 0.3) is 0 Å². The van der Waals surface area contributed by atoms with E-state index in [9.17, 15) is 0 Å². The molecule has 110 valence electrons. The number of aryl methyl sites for hydroxylation is 1. The number of nitrogens with two attached hydrogens (primary N) is 1. The second-order valence-electron chi connectivity index (χ2n) is 5.06. The van der Waals surface area contributed by atoms with Crippen molar-refractivity contribution in [1.29, 1.82) is 0 Å². The molecule has 0 fully saturated rings. The average molecular weight is 364 g/mol. The van der Waals surface area contributed by atoms with Gasteiger partial charge in [0.2, 0.25) is 0 Å². The van der Waals surface area contributed by atoms with E-state index in [1.807, 2.05) is 6.07 Å². The average Bonchev–Trinajstić information content (AvgIpc) is 3.06. The van der Waals surface area contributed by atoms with Crippen molar-refractivity contribution < 1.29 is 0 Å². The summed E-state index contributed by atoms with van der Waals surface area (Å²) >= 11 is 5.28. The lowest BCUT2D eigenvalue weighted by atomic mass is 10.2. The van der Waals surface area contributed by atoms with E-state index in [2.05, 4.69) is 57.1 Å². The van der Waals surface area contributed by atoms with Gasteiger partial charge >= 0.3 is 0 Å². The Balaban J connectivity index is 2.18. The molecule has 3 rings (SSSR count). The van der Waals surface area contributed by atoms with Crippen LogP contribution in [-0.2, 0) is 6.42 Å². The lowest BCUT2D eigenvalue weighted by molar-refractivity contribution is 0.584. The fourth-order valence-electron chi connectivity index (χ4n) is 2.69. The van der Waals surface area contributed by atoms with Crippen LogP contribution in [0.2, 0.25) is 0 Å². The maximum atomic E-state index is 6.10. The first-order valence-electron chi connectivity index (χ1n) is 7.14. The van der Waals surface area contributed by atoms with Crippen LogP contribution in [0.1, 0.15) is 30.1 Å². The van der Waals surface area contributed by atoms with E-state index < -0.39 is 0 Å². The Morgan fingerprint density at radius 2 is 2.19 bits per heavy atom. The molecule has 0 spiro atoms. The molecule has 5 heteroatoms. The highest BCUT2D eigenvalue weighted by Crippen LogP contribution is 2.31. The molecule has 3 nitrogen and oxygen atoms in total. The van der Waals surface area contributed by atoms with Crippen LogP contribution < -0.4 is 5.73 Å². The summed E-state index contributed by atoms with van der Waals surface area (Å²) in [5, 5.41) is 2.11. The standard InChI is InChI=1S/C16H18BrN3S/c1-2-5-16-19-12-6-3-4-7-13(12)20(16)14(9-18)15-8-11(17)10-21-15/h3-4,6-8,10,14H,2,5,9,18H2,1H3. The van der Waals surface area contributed by atoms with Crippen molar-refractivity contribution in [2.24, 2.45) is 5.73 Å². The Bertz CT molecular complexity index is 747. The van der Waals surface area contributed by atoms with Crippen molar-refractivity contribution >= 4 is 38.3 Å². The van der Waals surface area contributed by atoms with Crippen LogP contribution >= 0.6 is 27.3 Å². The van der Waals surface area contributed by atoms with Crippen molar-refractivity contribution in [1.82, 2.24) is 9.55 Å². The molecule has 0 aliphatic carbocycles. The zero-order chi connectivity index (χ0) is 14.8. The number of thiophene rings is 1. The number of para-hydroxylation sites is 2. The van der Waals surface area contributed by atoms with Crippen LogP contribution in [0.5, 0.6) is 0 Å². The third-order valence-corrected chi connectivity index (χ3v) is 5.39. The van der Waals surface area contributed by atoms with Gasteiger partial charge < -0.3 is 10.3 Å². The molecule has 1 unspecified atom stereocenters. The molecule has 2 N–H and O–H groups in total. The number of imidazole rings is 1. The lowest BCUT2D eigenvalue weighted by Crippen LogP contribution is -2.21. The fraction of sp³-hybridized carbons (Fsp3) is 0.312. The van der Waals surface area contributed by atoms with E-state index in [0.29, 0.717) is 6.54 Å². The molecular formula is C16H18BrN3S. The summed E-state index contributed by atoms with van der Waals surface area (Å²) in [6.45, 7) is 2.76. The number of hydrogen-bond acceptors (Lipinski definition) is 3. The number of halogens is 1. The largest absolute Gasteiger partial charge is 0.328 e. The van der Waals surface area contributed by atoms with Crippen LogP contribution in [0.15, 0.2) is 40.2 Å². The van der Waals surface area contributed by atoms with Gasteiger partial charge in [-0.3, -0.25) is 0 Å². The third kappa shape index (κ3) is 2.78. The Morgan fingerprint density at radius 1 is 1.38 bits per heavy atom. The highest BCUT2D eigenvalue weighted by atomic mass is 79.9. The maximum Gasteiger partial charge on any atom is 0.110 e. The quantitative estimate of drug-likeness (QED) is 0.731. The molecule has 3 aromatic rings. The molecular weight excluding hydrogens is 346 g/mol. The molecule has 0 bridgehead atoms. The molecule has 2 heterocycles. The van der Waals surface area contributed by atoms with E-state index in [0.717, 1.165) is 28.7 Å². The van der Waals surface area contributed by atoms with Gasteiger partial charge in [-0.1, -0.05) is 19.1 Å². The molecule has 2 aromatic heterocycles. The van der Waals surface area contributed by atoms with E-state index in [1.165, 1.54) is 10.4 Å². The predicted octanol–water partition coefficient (Wildman–Crippen LogP) is 4.36. The van der Waals surface area contributed by atoms with Gasteiger partial charge in [-0.2, -0.15) is 0 Å². The SMILES string of the molecule is CCCc1nc2ccccc2n1C(CN)c1cc(Br)cs1. The molecule has 0 saturated heterocycles.